The minimum atomic E-state index is -0.162. The molecule has 0 aliphatic rings. The third-order valence-electron chi connectivity index (χ3n) is 2.20. The summed E-state index contributed by atoms with van der Waals surface area (Å²) < 4.78 is 0. The molecule has 2 rings (SSSR count). The van der Waals surface area contributed by atoms with E-state index in [2.05, 4.69) is 27.9 Å². The molecular formula is C10H13N3OS. The molecule has 80 valence electrons. The van der Waals surface area contributed by atoms with Gasteiger partial charge in [-0.1, -0.05) is 6.07 Å². The molecule has 2 aromatic rings. The van der Waals surface area contributed by atoms with Crippen molar-refractivity contribution in [3.63, 3.8) is 0 Å². The summed E-state index contributed by atoms with van der Waals surface area (Å²) in [6.07, 6.45) is 0. The highest BCUT2D eigenvalue weighted by Gasteiger charge is 1.99. The molecule has 3 N–H and O–H groups in total. The highest BCUT2D eigenvalue weighted by molar-refractivity contribution is 7.80. The van der Waals surface area contributed by atoms with Crippen LogP contribution in [0.1, 0.15) is 5.56 Å². The topological polar surface area (TPSA) is 60.7 Å². The molecule has 1 aromatic heterocycles. The second kappa shape index (κ2) is 4.55. The first-order valence-electron chi connectivity index (χ1n) is 4.82. The van der Waals surface area contributed by atoms with E-state index in [0.29, 0.717) is 0 Å². The van der Waals surface area contributed by atoms with Crippen molar-refractivity contribution in [3.05, 3.63) is 34.2 Å². The summed E-state index contributed by atoms with van der Waals surface area (Å²) >= 11 is 4.11. The minimum absolute atomic E-state index is 0.162. The smallest absolute Gasteiger partial charge is 0.312 e. The van der Waals surface area contributed by atoms with Gasteiger partial charge in [-0.15, -0.1) is 0 Å². The summed E-state index contributed by atoms with van der Waals surface area (Å²) in [6.45, 7) is 1.68. The van der Waals surface area contributed by atoms with Crippen LogP contribution in [0.3, 0.4) is 0 Å². The fourth-order valence-electron chi connectivity index (χ4n) is 1.50. The van der Waals surface area contributed by atoms with Crippen LogP contribution in [-0.2, 0) is 6.54 Å². The summed E-state index contributed by atoms with van der Waals surface area (Å²) in [4.78, 5) is 16.5. The molecule has 0 fully saturated rings. The highest BCUT2D eigenvalue weighted by atomic mass is 32.1. The van der Waals surface area contributed by atoms with Crippen LogP contribution >= 0.6 is 12.6 Å². The Morgan fingerprint density at radius 3 is 2.87 bits per heavy atom. The van der Waals surface area contributed by atoms with Crippen molar-refractivity contribution in [3.8, 4) is 0 Å². The van der Waals surface area contributed by atoms with E-state index in [0.717, 1.165) is 35.4 Å². The fourth-order valence-corrected chi connectivity index (χ4v) is 1.66. The minimum Gasteiger partial charge on any atom is -0.312 e. The first kappa shape index (κ1) is 10.3. The molecule has 1 aromatic carbocycles. The number of fused-ring (bicyclic) bond motifs is 1. The zero-order valence-corrected chi connectivity index (χ0v) is 9.10. The number of hydrogen-bond donors (Lipinski definition) is 4. The molecule has 0 radical (unpaired) electrons. The zero-order chi connectivity index (χ0) is 10.7. The standard InChI is InChI=1S/C10H13N3OS/c14-10-12-8-2-1-7(5-9(8)13-10)6-11-3-4-15/h1-2,5,11,15H,3-4,6H2,(H2,12,13,14). The lowest BCUT2D eigenvalue weighted by atomic mass is 10.2. The van der Waals surface area contributed by atoms with Crippen LogP contribution in [0.2, 0.25) is 0 Å². The quantitative estimate of drug-likeness (QED) is 0.459. The number of imidazole rings is 1. The van der Waals surface area contributed by atoms with Gasteiger partial charge in [0.2, 0.25) is 0 Å². The van der Waals surface area contributed by atoms with Crippen LogP contribution in [0, 0.1) is 0 Å². The second-order valence-corrected chi connectivity index (χ2v) is 3.81. The van der Waals surface area contributed by atoms with Crippen molar-refractivity contribution in [2.75, 3.05) is 12.3 Å². The van der Waals surface area contributed by atoms with Crippen LogP contribution in [0.4, 0.5) is 0 Å². The number of hydrogen-bond acceptors (Lipinski definition) is 3. The maximum absolute atomic E-state index is 11.0. The predicted octanol–water partition coefficient (Wildman–Crippen LogP) is 0.876. The molecule has 0 aliphatic heterocycles. The molecule has 0 spiro atoms. The van der Waals surface area contributed by atoms with Gasteiger partial charge in [-0.3, -0.25) is 0 Å². The molecule has 5 heteroatoms. The zero-order valence-electron chi connectivity index (χ0n) is 8.21. The van der Waals surface area contributed by atoms with Crippen LogP contribution in [-0.4, -0.2) is 22.3 Å². The lowest BCUT2D eigenvalue weighted by Crippen LogP contribution is -2.15. The van der Waals surface area contributed by atoms with E-state index in [4.69, 9.17) is 0 Å². The van der Waals surface area contributed by atoms with E-state index in [-0.39, 0.29) is 5.69 Å². The predicted molar refractivity (Wildman–Crippen MR) is 64.5 cm³/mol. The number of rotatable bonds is 4. The molecule has 0 bridgehead atoms. The van der Waals surface area contributed by atoms with E-state index < -0.39 is 0 Å². The summed E-state index contributed by atoms with van der Waals surface area (Å²) in [5.74, 6) is 0.823. The van der Waals surface area contributed by atoms with Gasteiger partial charge in [-0.05, 0) is 17.7 Å². The summed E-state index contributed by atoms with van der Waals surface area (Å²) in [5, 5.41) is 3.24. The third-order valence-corrected chi connectivity index (χ3v) is 2.42. The van der Waals surface area contributed by atoms with Crippen LogP contribution < -0.4 is 11.0 Å². The van der Waals surface area contributed by atoms with Gasteiger partial charge in [-0.25, -0.2) is 4.79 Å². The first-order valence-corrected chi connectivity index (χ1v) is 5.45. The van der Waals surface area contributed by atoms with Crippen LogP contribution in [0.15, 0.2) is 23.0 Å². The van der Waals surface area contributed by atoms with Gasteiger partial charge in [0.1, 0.15) is 0 Å². The van der Waals surface area contributed by atoms with Gasteiger partial charge in [0.05, 0.1) is 11.0 Å². The van der Waals surface area contributed by atoms with Crippen molar-refractivity contribution in [1.82, 2.24) is 15.3 Å². The monoisotopic (exact) mass is 223 g/mol. The molecule has 0 saturated heterocycles. The Balaban J connectivity index is 2.19. The first-order chi connectivity index (χ1) is 7.29. The Kier molecular flexibility index (Phi) is 3.13. The normalized spacial score (nSPS) is 11.0. The summed E-state index contributed by atoms with van der Waals surface area (Å²) in [6, 6.07) is 5.88. The SMILES string of the molecule is O=c1[nH]c2ccc(CNCCS)cc2[nH]1. The van der Waals surface area contributed by atoms with Gasteiger partial charge in [0.15, 0.2) is 0 Å². The van der Waals surface area contributed by atoms with Crippen molar-refractivity contribution in [2.24, 2.45) is 0 Å². The van der Waals surface area contributed by atoms with Crippen LogP contribution in [0.5, 0.6) is 0 Å². The van der Waals surface area contributed by atoms with Gasteiger partial charge in [-0.2, -0.15) is 12.6 Å². The van der Waals surface area contributed by atoms with E-state index in [1.54, 1.807) is 0 Å². The number of aromatic amines is 2. The summed E-state index contributed by atoms with van der Waals surface area (Å²) in [5.41, 5.74) is 2.69. The Morgan fingerprint density at radius 2 is 2.07 bits per heavy atom. The van der Waals surface area contributed by atoms with Crippen molar-refractivity contribution >= 4 is 23.7 Å². The van der Waals surface area contributed by atoms with E-state index in [9.17, 15) is 4.79 Å². The second-order valence-electron chi connectivity index (χ2n) is 3.36. The molecule has 0 aliphatic carbocycles. The Morgan fingerprint density at radius 1 is 1.27 bits per heavy atom. The average Bonchev–Trinajstić information content (AvgIpc) is 2.57. The Labute approximate surface area is 92.5 Å². The van der Waals surface area contributed by atoms with Gasteiger partial charge in [0, 0.05) is 18.8 Å². The largest absolute Gasteiger partial charge is 0.323 e. The molecule has 0 amide bonds. The van der Waals surface area contributed by atoms with Crippen molar-refractivity contribution in [2.45, 2.75) is 6.54 Å². The van der Waals surface area contributed by atoms with Gasteiger partial charge < -0.3 is 15.3 Å². The number of H-pyrrole nitrogens is 2. The number of aromatic nitrogens is 2. The molecule has 0 atom stereocenters. The van der Waals surface area contributed by atoms with Gasteiger partial charge >= 0.3 is 5.69 Å². The Hall–Kier alpha value is -1.20. The average molecular weight is 223 g/mol. The highest BCUT2D eigenvalue weighted by Crippen LogP contribution is 2.09. The molecule has 0 saturated carbocycles. The lowest BCUT2D eigenvalue weighted by molar-refractivity contribution is 0.733. The molecule has 4 nitrogen and oxygen atoms in total. The van der Waals surface area contributed by atoms with E-state index in [1.165, 1.54) is 0 Å². The van der Waals surface area contributed by atoms with E-state index >= 15 is 0 Å². The summed E-state index contributed by atoms with van der Waals surface area (Å²) in [7, 11) is 0. The number of benzene rings is 1. The lowest BCUT2D eigenvalue weighted by Gasteiger charge is -2.02. The number of nitrogens with one attached hydrogen (secondary N) is 3. The maximum Gasteiger partial charge on any atom is 0.323 e. The van der Waals surface area contributed by atoms with E-state index in [1.807, 2.05) is 18.2 Å². The fraction of sp³-hybridized carbons (Fsp3) is 0.300. The Bertz CT molecular complexity index is 503. The molecule has 0 unspecified atom stereocenters. The van der Waals surface area contributed by atoms with Crippen LogP contribution in [0.25, 0.3) is 11.0 Å². The molecule has 1 heterocycles. The van der Waals surface area contributed by atoms with Crippen molar-refractivity contribution in [1.29, 1.82) is 0 Å². The third kappa shape index (κ3) is 2.43. The van der Waals surface area contributed by atoms with Gasteiger partial charge in [0.25, 0.3) is 0 Å². The molecular weight excluding hydrogens is 210 g/mol. The maximum atomic E-state index is 11.0. The number of thiol groups is 1. The molecule has 15 heavy (non-hydrogen) atoms. The van der Waals surface area contributed by atoms with Crippen molar-refractivity contribution < 1.29 is 0 Å².